The summed E-state index contributed by atoms with van der Waals surface area (Å²) in [5.41, 5.74) is 3.64. The highest BCUT2D eigenvalue weighted by Crippen LogP contribution is 2.13. The molecule has 0 aliphatic heterocycles. The minimum Gasteiger partial charge on any atom is -0.379 e. The molecular formula is C13H16N2S. The Kier molecular flexibility index (Phi) is 3.57. The van der Waals surface area contributed by atoms with E-state index in [9.17, 15) is 0 Å². The highest BCUT2D eigenvalue weighted by molar-refractivity contribution is 7.09. The first-order valence-electron chi connectivity index (χ1n) is 5.51. The predicted octanol–water partition coefficient (Wildman–Crippen LogP) is 3.63. The number of anilines is 1. The molecule has 0 unspecified atom stereocenters. The number of rotatable bonds is 4. The van der Waals surface area contributed by atoms with Gasteiger partial charge < -0.3 is 5.32 Å². The number of nitrogens with one attached hydrogen (secondary N) is 1. The normalized spacial score (nSPS) is 10.4. The van der Waals surface area contributed by atoms with E-state index in [1.165, 1.54) is 5.56 Å². The van der Waals surface area contributed by atoms with E-state index in [-0.39, 0.29) is 0 Å². The van der Waals surface area contributed by atoms with Gasteiger partial charge in [-0.05, 0) is 31.0 Å². The molecule has 2 aromatic rings. The molecule has 1 heterocycles. The van der Waals surface area contributed by atoms with Crippen molar-refractivity contribution in [1.82, 2.24) is 4.98 Å². The number of hydrogen-bond donors (Lipinski definition) is 1. The Labute approximate surface area is 100 Å². The van der Waals surface area contributed by atoms with Crippen molar-refractivity contribution in [3.8, 4) is 0 Å². The van der Waals surface area contributed by atoms with Crippen LogP contribution in [-0.2, 0) is 13.0 Å². The van der Waals surface area contributed by atoms with Crippen LogP contribution >= 0.6 is 11.3 Å². The number of hydrogen-bond acceptors (Lipinski definition) is 3. The quantitative estimate of drug-likeness (QED) is 0.870. The molecule has 16 heavy (non-hydrogen) atoms. The third kappa shape index (κ3) is 2.83. The number of aryl methyl sites for hydroxylation is 2. The lowest BCUT2D eigenvalue weighted by Crippen LogP contribution is -1.99. The van der Waals surface area contributed by atoms with Crippen LogP contribution in [0.1, 0.15) is 23.2 Å². The molecule has 84 valence electrons. The van der Waals surface area contributed by atoms with Gasteiger partial charge in [0.05, 0.1) is 17.2 Å². The molecule has 2 nitrogen and oxygen atoms in total. The second-order valence-corrected chi connectivity index (χ2v) is 4.82. The monoisotopic (exact) mass is 232 g/mol. The molecule has 0 radical (unpaired) electrons. The number of aromatic nitrogens is 1. The van der Waals surface area contributed by atoms with Crippen LogP contribution in [0.15, 0.2) is 29.6 Å². The fourth-order valence-electron chi connectivity index (χ4n) is 1.54. The molecule has 1 aromatic carbocycles. The van der Waals surface area contributed by atoms with Crippen LogP contribution in [0.25, 0.3) is 0 Å². The van der Waals surface area contributed by atoms with Gasteiger partial charge in [-0.1, -0.05) is 19.1 Å². The lowest BCUT2D eigenvalue weighted by Gasteiger charge is -2.05. The molecule has 0 bridgehead atoms. The molecule has 1 N–H and O–H groups in total. The van der Waals surface area contributed by atoms with Crippen molar-refractivity contribution in [3.05, 3.63) is 45.9 Å². The summed E-state index contributed by atoms with van der Waals surface area (Å²) in [6.45, 7) is 5.00. The van der Waals surface area contributed by atoms with Crippen LogP contribution in [0, 0.1) is 6.92 Å². The van der Waals surface area contributed by atoms with Crippen LogP contribution in [0.5, 0.6) is 0 Å². The maximum absolute atomic E-state index is 4.42. The van der Waals surface area contributed by atoms with E-state index in [2.05, 4.69) is 46.9 Å². The number of thiazole rings is 1. The Hall–Kier alpha value is -1.35. The molecule has 0 saturated carbocycles. The summed E-state index contributed by atoms with van der Waals surface area (Å²) >= 11 is 1.69. The molecule has 1 aromatic heterocycles. The zero-order valence-corrected chi connectivity index (χ0v) is 10.5. The van der Waals surface area contributed by atoms with E-state index < -0.39 is 0 Å². The SMILES string of the molecule is CCc1ccc(NCc2csc(C)n2)cc1. The van der Waals surface area contributed by atoms with Crippen molar-refractivity contribution in [1.29, 1.82) is 0 Å². The lowest BCUT2D eigenvalue weighted by atomic mass is 10.1. The van der Waals surface area contributed by atoms with Gasteiger partial charge >= 0.3 is 0 Å². The minimum absolute atomic E-state index is 0.801. The summed E-state index contributed by atoms with van der Waals surface area (Å²) in [6.07, 6.45) is 1.09. The highest BCUT2D eigenvalue weighted by atomic mass is 32.1. The Balaban J connectivity index is 1.94. The smallest absolute Gasteiger partial charge is 0.0898 e. The van der Waals surface area contributed by atoms with Crippen LogP contribution < -0.4 is 5.32 Å². The van der Waals surface area contributed by atoms with Crippen molar-refractivity contribution in [2.45, 2.75) is 26.8 Å². The molecule has 0 aliphatic rings. The van der Waals surface area contributed by atoms with Gasteiger partial charge in [-0.2, -0.15) is 0 Å². The van der Waals surface area contributed by atoms with Crippen LogP contribution in [-0.4, -0.2) is 4.98 Å². The van der Waals surface area contributed by atoms with E-state index >= 15 is 0 Å². The zero-order valence-electron chi connectivity index (χ0n) is 9.66. The van der Waals surface area contributed by atoms with Crippen LogP contribution in [0.3, 0.4) is 0 Å². The topological polar surface area (TPSA) is 24.9 Å². The van der Waals surface area contributed by atoms with E-state index in [0.29, 0.717) is 0 Å². The Morgan fingerprint density at radius 1 is 1.25 bits per heavy atom. The van der Waals surface area contributed by atoms with Crippen molar-refractivity contribution in [2.24, 2.45) is 0 Å². The summed E-state index contributed by atoms with van der Waals surface area (Å²) in [5.74, 6) is 0. The number of nitrogens with zero attached hydrogens (tertiary/aromatic N) is 1. The summed E-state index contributed by atoms with van der Waals surface area (Å²) < 4.78 is 0. The maximum Gasteiger partial charge on any atom is 0.0898 e. The predicted molar refractivity (Wildman–Crippen MR) is 70.0 cm³/mol. The van der Waals surface area contributed by atoms with E-state index in [4.69, 9.17) is 0 Å². The molecule has 3 heteroatoms. The van der Waals surface area contributed by atoms with Crippen LogP contribution in [0.4, 0.5) is 5.69 Å². The lowest BCUT2D eigenvalue weighted by molar-refractivity contribution is 1.05. The van der Waals surface area contributed by atoms with Crippen LogP contribution in [0.2, 0.25) is 0 Å². The number of benzene rings is 1. The molecule has 0 aliphatic carbocycles. The van der Waals surface area contributed by atoms with Crippen molar-refractivity contribution < 1.29 is 0 Å². The zero-order chi connectivity index (χ0) is 11.4. The molecule has 0 spiro atoms. The average Bonchev–Trinajstić information content (AvgIpc) is 2.73. The summed E-state index contributed by atoms with van der Waals surface area (Å²) in [4.78, 5) is 4.42. The summed E-state index contributed by atoms with van der Waals surface area (Å²) in [7, 11) is 0. The molecular weight excluding hydrogens is 216 g/mol. The van der Waals surface area contributed by atoms with Crippen molar-refractivity contribution >= 4 is 17.0 Å². The van der Waals surface area contributed by atoms with Gasteiger partial charge in [0.25, 0.3) is 0 Å². The second-order valence-electron chi connectivity index (χ2n) is 3.76. The maximum atomic E-state index is 4.42. The van der Waals surface area contributed by atoms with E-state index in [1.807, 2.05) is 6.92 Å². The second kappa shape index (κ2) is 5.12. The van der Waals surface area contributed by atoms with Gasteiger partial charge in [0.1, 0.15) is 0 Å². The molecule has 0 fully saturated rings. The van der Waals surface area contributed by atoms with Gasteiger partial charge in [-0.3, -0.25) is 0 Å². The Morgan fingerprint density at radius 2 is 2.00 bits per heavy atom. The van der Waals surface area contributed by atoms with Gasteiger partial charge in [0.15, 0.2) is 0 Å². The van der Waals surface area contributed by atoms with Crippen molar-refractivity contribution in [2.75, 3.05) is 5.32 Å². The molecule has 2 rings (SSSR count). The third-order valence-electron chi connectivity index (χ3n) is 2.50. The largest absolute Gasteiger partial charge is 0.379 e. The standard InChI is InChI=1S/C13H16N2S/c1-3-11-4-6-12(7-5-11)14-8-13-9-16-10(2)15-13/h4-7,9,14H,3,8H2,1-2H3. The molecule has 0 atom stereocenters. The first-order chi connectivity index (χ1) is 7.78. The van der Waals surface area contributed by atoms with E-state index in [0.717, 1.165) is 29.4 Å². The van der Waals surface area contributed by atoms with Gasteiger partial charge in [-0.15, -0.1) is 11.3 Å². The molecule has 0 saturated heterocycles. The fraction of sp³-hybridized carbons (Fsp3) is 0.308. The van der Waals surface area contributed by atoms with E-state index in [1.54, 1.807) is 11.3 Å². The first kappa shape index (κ1) is 11.1. The Bertz CT molecular complexity index is 445. The summed E-state index contributed by atoms with van der Waals surface area (Å²) in [6, 6.07) is 8.57. The third-order valence-corrected chi connectivity index (χ3v) is 3.32. The molecule has 0 amide bonds. The Morgan fingerprint density at radius 3 is 2.56 bits per heavy atom. The first-order valence-corrected chi connectivity index (χ1v) is 6.39. The summed E-state index contributed by atoms with van der Waals surface area (Å²) in [5, 5.41) is 6.59. The minimum atomic E-state index is 0.801. The fourth-order valence-corrected chi connectivity index (χ4v) is 2.15. The highest BCUT2D eigenvalue weighted by Gasteiger charge is 1.98. The van der Waals surface area contributed by atoms with Gasteiger partial charge in [-0.25, -0.2) is 4.98 Å². The average molecular weight is 232 g/mol. The van der Waals surface area contributed by atoms with Crippen molar-refractivity contribution in [3.63, 3.8) is 0 Å². The van der Waals surface area contributed by atoms with Gasteiger partial charge in [0.2, 0.25) is 0 Å². The van der Waals surface area contributed by atoms with Gasteiger partial charge in [0, 0.05) is 11.1 Å².